The van der Waals surface area contributed by atoms with Gasteiger partial charge in [0.25, 0.3) is 5.91 Å². The summed E-state index contributed by atoms with van der Waals surface area (Å²) < 4.78 is 0.875. The van der Waals surface area contributed by atoms with E-state index in [1.165, 1.54) is 0 Å². The van der Waals surface area contributed by atoms with E-state index >= 15 is 0 Å². The second-order valence-electron chi connectivity index (χ2n) is 9.34. The fraction of sp³-hybridized carbons (Fsp3) is 0.320. The fourth-order valence-corrected chi connectivity index (χ4v) is 4.94. The molecule has 0 aliphatic carbocycles. The number of hydrogen-bond donors (Lipinski definition) is 2. The number of nitrogens with one attached hydrogen (secondary N) is 2. The smallest absolute Gasteiger partial charge is 0.329 e. The first-order valence-electron chi connectivity index (χ1n) is 10.9. The van der Waals surface area contributed by atoms with Gasteiger partial charge >= 0.3 is 6.03 Å². The molecular formula is C25H26BrClN4O3. The van der Waals surface area contributed by atoms with Crippen LogP contribution < -0.4 is 15.5 Å². The molecule has 2 aliphatic rings. The van der Waals surface area contributed by atoms with Crippen LogP contribution in [0.2, 0.25) is 5.02 Å². The summed E-state index contributed by atoms with van der Waals surface area (Å²) in [6, 6.07) is 10.2. The highest BCUT2D eigenvalue weighted by molar-refractivity contribution is 9.10. The Balaban J connectivity index is 1.54. The van der Waals surface area contributed by atoms with Crippen molar-refractivity contribution in [3.63, 3.8) is 0 Å². The fourth-order valence-electron chi connectivity index (χ4n) is 4.46. The lowest BCUT2D eigenvalue weighted by Gasteiger charge is -2.45. The Bertz CT molecular complexity index is 1210. The number of anilines is 2. The summed E-state index contributed by atoms with van der Waals surface area (Å²) in [7, 11) is 2.05. The van der Waals surface area contributed by atoms with Crippen LogP contribution in [-0.2, 0) is 9.59 Å². The van der Waals surface area contributed by atoms with Gasteiger partial charge in [0.1, 0.15) is 12.2 Å². The maximum atomic E-state index is 12.9. The van der Waals surface area contributed by atoms with Crippen molar-refractivity contribution in [1.82, 2.24) is 10.2 Å². The van der Waals surface area contributed by atoms with E-state index in [9.17, 15) is 14.4 Å². The van der Waals surface area contributed by atoms with Gasteiger partial charge in [-0.15, -0.1) is 0 Å². The lowest BCUT2D eigenvalue weighted by atomic mass is 9.80. The Morgan fingerprint density at radius 1 is 1.26 bits per heavy atom. The average molecular weight is 546 g/mol. The van der Waals surface area contributed by atoms with Gasteiger partial charge in [0.2, 0.25) is 5.91 Å². The molecule has 178 valence electrons. The summed E-state index contributed by atoms with van der Waals surface area (Å²) in [6.07, 6.45) is 2.55. The van der Waals surface area contributed by atoms with Crippen LogP contribution in [0, 0.1) is 0 Å². The number of halogens is 2. The van der Waals surface area contributed by atoms with Crippen molar-refractivity contribution in [1.29, 1.82) is 0 Å². The standard InChI is InChI=1S/C25H26BrClN4O3/c1-14-12-25(2,3)30(4)21-11-19(27)15(9-18(14)21)10-20-23(33)31(24(34)29-20)13-22(32)28-17-7-5-16(26)6-8-17/h5-11,14H,12-13H2,1-4H3,(H,28,32)(H,29,34)/b20-10+. The number of urea groups is 1. The Hall–Kier alpha value is -2.84. The number of rotatable bonds is 4. The first kappa shape index (κ1) is 24.3. The number of carbonyl (C=O) groups excluding carboxylic acids is 3. The lowest BCUT2D eigenvalue weighted by Crippen LogP contribution is -2.45. The average Bonchev–Trinajstić information content (AvgIpc) is 3.02. The molecule has 9 heteroatoms. The number of nitrogens with zero attached hydrogens (tertiary/aromatic N) is 2. The predicted molar refractivity (Wildman–Crippen MR) is 138 cm³/mol. The van der Waals surface area contributed by atoms with Crippen molar-refractivity contribution in [2.24, 2.45) is 0 Å². The molecule has 2 aromatic carbocycles. The molecule has 2 aliphatic heterocycles. The van der Waals surface area contributed by atoms with Crippen LogP contribution >= 0.6 is 27.5 Å². The normalized spacial score (nSPS) is 20.4. The third kappa shape index (κ3) is 4.70. The Morgan fingerprint density at radius 2 is 1.94 bits per heavy atom. The molecule has 7 nitrogen and oxygen atoms in total. The summed E-state index contributed by atoms with van der Waals surface area (Å²) >= 11 is 9.91. The summed E-state index contributed by atoms with van der Waals surface area (Å²) in [4.78, 5) is 40.8. The molecule has 0 saturated carbocycles. The minimum Gasteiger partial charge on any atom is -0.369 e. The molecule has 2 heterocycles. The van der Waals surface area contributed by atoms with E-state index in [1.807, 2.05) is 12.1 Å². The van der Waals surface area contributed by atoms with Crippen LogP contribution in [-0.4, -0.2) is 41.9 Å². The molecule has 0 spiro atoms. The molecule has 1 fully saturated rings. The number of amides is 4. The van der Waals surface area contributed by atoms with Gasteiger partial charge in [-0.3, -0.25) is 9.59 Å². The molecule has 1 atom stereocenters. The van der Waals surface area contributed by atoms with Crippen LogP contribution in [0.1, 0.15) is 44.2 Å². The van der Waals surface area contributed by atoms with Gasteiger partial charge in [-0.25, -0.2) is 9.69 Å². The number of hydrogen-bond acceptors (Lipinski definition) is 4. The molecule has 0 aromatic heterocycles. The quantitative estimate of drug-likeness (QED) is 0.401. The van der Waals surface area contributed by atoms with Crippen molar-refractivity contribution in [2.75, 3.05) is 23.8 Å². The number of carbonyl (C=O) groups is 3. The van der Waals surface area contributed by atoms with Gasteiger partial charge in [-0.2, -0.15) is 0 Å². The third-order valence-corrected chi connectivity index (χ3v) is 7.30. The Labute approximate surface area is 212 Å². The number of imide groups is 1. The van der Waals surface area contributed by atoms with E-state index in [4.69, 9.17) is 11.6 Å². The summed E-state index contributed by atoms with van der Waals surface area (Å²) in [5, 5.41) is 5.73. The molecule has 2 aromatic rings. The molecule has 1 saturated heterocycles. The molecular weight excluding hydrogens is 520 g/mol. The lowest BCUT2D eigenvalue weighted by molar-refractivity contribution is -0.127. The van der Waals surface area contributed by atoms with Crippen molar-refractivity contribution >= 4 is 62.8 Å². The minimum absolute atomic E-state index is 0.00242. The van der Waals surface area contributed by atoms with Gasteiger partial charge in [0, 0.05) is 33.5 Å². The molecule has 2 N–H and O–H groups in total. The van der Waals surface area contributed by atoms with Crippen LogP contribution in [0.15, 0.2) is 46.6 Å². The van der Waals surface area contributed by atoms with Crippen LogP contribution in [0.5, 0.6) is 0 Å². The van der Waals surface area contributed by atoms with Crippen molar-refractivity contribution < 1.29 is 14.4 Å². The molecule has 0 bridgehead atoms. The molecule has 0 radical (unpaired) electrons. The number of benzene rings is 2. The van der Waals surface area contributed by atoms with Crippen molar-refractivity contribution in [3.05, 3.63) is 62.7 Å². The first-order valence-corrected chi connectivity index (χ1v) is 12.1. The van der Waals surface area contributed by atoms with Crippen LogP contribution in [0.3, 0.4) is 0 Å². The van der Waals surface area contributed by atoms with E-state index in [-0.39, 0.29) is 11.2 Å². The Morgan fingerprint density at radius 3 is 2.62 bits per heavy atom. The van der Waals surface area contributed by atoms with Crippen LogP contribution in [0.25, 0.3) is 6.08 Å². The number of fused-ring (bicyclic) bond motifs is 1. The second kappa shape index (κ2) is 9.07. The van der Waals surface area contributed by atoms with Gasteiger partial charge in [0.15, 0.2) is 0 Å². The molecule has 4 amide bonds. The maximum Gasteiger partial charge on any atom is 0.329 e. The topological polar surface area (TPSA) is 81.8 Å². The van der Waals surface area contributed by atoms with Crippen molar-refractivity contribution in [3.8, 4) is 0 Å². The van der Waals surface area contributed by atoms with E-state index in [2.05, 4.69) is 59.3 Å². The zero-order valence-corrected chi connectivity index (χ0v) is 21.8. The Kier molecular flexibility index (Phi) is 6.48. The van der Waals surface area contributed by atoms with Gasteiger partial charge in [0.05, 0.1) is 0 Å². The third-order valence-electron chi connectivity index (χ3n) is 6.44. The first-order chi connectivity index (χ1) is 16.0. The zero-order chi connectivity index (χ0) is 24.8. The molecule has 34 heavy (non-hydrogen) atoms. The maximum absolute atomic E-state index is 12.9. The summed E-state index contributed by atoms with van der Waals surface area (Å²) in [6.45, 7) is 6.18. The van der Waals surface area contributed by atoms with Gasteiger partial charge in [-0.05, 0) is 79.8 Å². The summed E-state index contributed by atoms with van der Waals surface area (Å²) in [5.41, 5.74) is 3.50. The SMILES string of the molecule is CC1CC(C)(C)N(C)c2cc(Cl)c(/C=C3/NC(=O)N(CC(=O)Nc4ccc(Br)cc4)C3=O)cc21. The highest BCUT2D eigenvalue weighted by Crippen LogP contribution is 2.44. The van der Waals surface area contributed by atoms with Crippen LogP contribution in [0.4, 0.5) is 16.2 Å². The van der Waals surface area contributed by atoms with Gasteiger partial charge < -0.3 is 15.5 Å². The largest absolute Gasteiger partial charge is 0.369 e. The van der Waals surface area contributed by atoms with Crippen molar-refractivity contribution in [2.45, 2.75) is 38.6 Å². The monoisotopic (exact) mass is 544 g/mol. The van der Waals surface area contributed by atoms with Gasteiger partial charge in [-0.1, -0.05) is 34.5 Å². The molecule has 1 unspecified atom stereocenters. The van der Waals surface area contributed by atoms with E-state index in [0.717, 1.165) is 27.0 Å². The van der Waals surface area contributed by atoms with E-state index in [1.54, 1.807) is 30.3 Å². The molecule has 4 rings (SSSR count). The highest BCUT2D eigenvalue weighted by atomic mass is 79.9. The minimum atomic E-state index is -0.647. The predicted octanol–water partition coefficient (Wildman–Crippen LogP) is 5.36. The second-order valence-corrected chi connectivity index (χ2v) is 10.7. The summed E-state index contributed by atoms with van der Waals surface area (Å²) in [5.74, 6) is -0.738. The van der Waals surface area contributed by atoms with E-state index in [0.29, 0.717) is 22.2 Å². The zero-order valence-electron chi connectivity index (χ0n) is 19.4. The highest BCUT2D eigenvalue weighted by Gasteiger charge is 2.36. The van der Waals surface area contributed by atoms with E-state index < -0.39 is 24.4 Å².